The Morgan fingerprint density at radius 2 is 2.06 bits per heavy atom. The molecular weight excluding hydrogens is 214 g/mol. The Balaban J connectivity index is 1.94. The molecule has 0 radical (unpaired) electrons. The van der Waals surface area contributed by atoms with E-state index in [2.05, 4.69) is 31.3 Å². The van der Waals surface area contributed by atoms with Crippen LogP contribution in [0.5, 0.6) is 0 Å². The van der Waals surface area contributed by atoms with Gasteiger partial charge in [-0.15, -0.1) is 0 Å². The number of carbonyl (C=O) groups excluding carboxylic acids is 1. The van der Waals surface area contributed by atoms with Crippen molar-refractivity contribution in [2.24, 2.45) is 5.41 Å². The predicted octanol–water partition coefficient (Wildman–Crippen LogP) is 1.69. The lowest BCUT2D eigenvalue weighted by atomic mass is 10.1. The van der Waals surface area contributed by atoms with Gasteiger partial charge < -0.3 is 10.4 Å². The normalized spacial score (nSPS) is 16.6. The number of nitrogens with one attached hydrogen (secondary N) is 1. The first-order valence-corrected chi connectivity index (χ1v) is 6.03. The fraction of sp³-hybridized carbons (Fsp3) is 0.500. The van der Waals surface area contributed by atoms with Gasteiger partial charge in [-0.25, -0.2) is 0 Å². The molecule has 1 fully saturated rings. The van der Waals surface area contributed by atoms with E-state index >= 15 is 0 Å². The average Bonchev–Trinajstić information content (AvgIpc) is 3.11. The monoisotopic (exact) mass is 233 g/mol. The van der Waals surface area contributed by atoms with Gasteiger partial charge in [0.2, 0.25) is 5.91 Å². The molecule has 0 aromatic heterocycles. The Hall–Kier alpha value is -1.35. The molecule has 92 valence electrons. The highest BCUT2D eigenvalue weighted by atomic mass is 16.3. The summed E-state index contributed by atoms with van der Waals surface area (Å²) < 4.78 is 0. The van der Waals surface area contributed by atoms with Crippen LogP contribution in [0.2, 0.25) is 0 Å². The second-order valence-corrected chi connectivity index (χ2v) is 5.04. The largest absolute Gasteiger partial charge is 0.395 e. The zero-order valence-electron chi connectivity index (χ0n) is 10.4. The summed E-state index contributed by atoms with van der Waals surface area (Å²) in [5, 5.41) is 12.0. The molecule has 1 saturated carbocycles. The third-order valence-electron chi connectivity index (χ3n) is 3.66. The van der Waals surface area contributed by atoms with Crippen molar-refractivity contribution >= 4 is 5.91 Å². The molecule has 0 saturated heterocycles. The van der Waals surface area contributed by atoms with Crippen molar-refractivity contribution in [1.29, 1.82) is 0 Å². The van der Waals surface area contributed by atoms with Gasteiger partial charge in [0.1, 0.15) is 0 Å². The number of amides is 1. The highest BCUT2D eigenvalue weighted by Crippen LogP contribution is 2.45. The van der Waals surface area contributed by atoms with Crippen LogP contribution in [0.4, 0.5) is 0 Å². The summed E-state index contributed by atoms with van der Waals surface area (Å²) >= 11 is 0. The molecule has 0 bridgehead atoms. The topological polar surface area (TPSA) is 49.3 Å². The summed E-state index contributed by atoms with van der Waals surface area (Å²) in [6.07, 6.45) is 1.62. The molecule has 1 aliphatic rings. The number of aliphatic hydroxyl groups excluding tert-OH is 1. The number of aryl methyl sites for hydroxylation is 2. The lowest BCUT2D eigenvalue weighted by molar-refractivity contribution is -0.127. The van der Waals surface area contributed by atoms with Crippen molar-refractivity contribution in [3.63, 3.8) is 0 Å². The number of benzene rings is 1. The number of aliphatic hydroxyl groups is 1. The zero-order chi connectivity index (χ0) is 12.5. The Morgan fingerprint density at radius 1 is 1.35 bits per heavy atom. The molecule has 0 spiro atoms. The van der Waals surface area contributed by atoms with Crippen LogP contribution in [0.1, 0.15) is 29.5 Å². The summed E-state index contributed by atoms with van der Waals surface area (Å²) in [6.45, 7) is 4.65. The number of hydrogen-bond acceptors (Lipinski definition) is 2. The maximum absolute atomic E-state index is 11.8. The first-order chi connectivity index (χ1) is 8.07. The summed E-state index contributed by atoms with van der Waals surface area (Å²) in [4.78, 5) is 11.8. The van der Waals surface area contributed by atoms with E-state index in [-0.39, 0.29) is 12.5 Å². The van der Waals surface area contributed by atoms with Crippen molar-refractivity contribution in [1.82, 2.24) is 5.32 Å². The van der Waals surface area contributed by atoms with Crippen LogP contribution < -0.4 is 5.32 Å². The van der Waals surface area contributed by atoms with E-state index in [0.29, 0.717) is 6.54 Å². The number of hydrogen-bond donors (Lipinski definition) is 2. The molecule has 17 heavy (non-hydrogen) atoms. The molecule has 1 aromatic rings. The fourth-order valence-electron chi connectivity index (χ4n) is 1.89. The SMILES string of the molecule is Cc1ccc(CNC(=O)C2(CO)CC2)cc1C. The summed E-state index contributed by atoms with van der Waals surface area (Å²) in [5.74, 6) is -0.0155. The zero-order valence-corrected chi connectivity index (χ0v) is 10.4. The smallest absolute Gasteiger partial charge is 0.228 e. The maximum Gasteiger partial charge on any atom is 0.228 e. The van der Waals surface area contributed by atoms with Crippen LogP contribution in [-0.2, 0) is 11.3 Å². The van der Waals surface area contributed by atoms with E-state index in [9.17, 15) is 4.79 Å². The lowest BCUT2D eigenvalue weighted by Gasteiger charge is -2.12. The van der Waals surface area contributed by atoms with Crippen molar-refractivity contribution in [2.45, 2.75) is 33.2 Å². The Bertz CT molecular complexity index is 436. The summed E-state index contributed by atoms with van der Waals surface area (Å²) in [6, 6.07) is 6.19. The minimum atomic E-state index is -0.472. The minimum Gasteiger partial charge on any atom is -0.395 e. The van der Waals surface area contributed by atoms with E-state index in [1.807, 2.05) is 6.07 Å². The average molecular weight is 233 g/mol. The highest BCUT2D eigenvalue weighted by Gasteiger charge is 2.49. The number of carbonyl (C=O) groups is 1. The van der Waals surface area contributed by atoms with Gasteiger partial charge in [0.15, 0.2) is 0 Å². The Labute approximate surface area is 102 Å². The molecule has 0 unspecified atom stereocenters. The first-order valence-electron chi connectivity index (χ1n) is 6.03. The predicted molar refractivity (Wildman–Crippen MR) is 66.5 cm³/mol. The maximum atomic E-state index is 11.8. The van der Waals surface area contributed by atoms with Crippen LogP contribution >= 0.6 is 0 Å². The van der Waals surface area contributed by atoms with Crippen molar-refractivity contribution < 1.29 is 9.90 Å². The number of rotatable bonds is 4. The second-order valence-electron chi connectivity index (χ2n) is 5.04. The molecule has 1 aromatic carbocycles. The van der Waals surface area contributed by atoms with Crippen molar-refractivity contribution in [3.05, 3.63) is 34.9 Å². The highest BCUT2D eigenvalue weighted by molar-refractivity contribution is 5.85. The Kier molecular flexibility index (Phi) is 3.20. The molecule has 1 aliphatic carbocycles. The summed E-state index contributed by atoms with van der Waals surface area (Å²) in [5.41, 5.74) is 3.13. The van der Waals surface area contributed by atoms with Gasteiger partial charge in [0, 0.05) is 6.54 Å². The van der Waals surface area contributed by atoms with Gasteiger partial charge in [-0.3, -0.25) is 4.79 Å². The third kappa shape index (κ3) is 2.50. The van der Waals surface area contributed by atoms with Crippen molar-refractivity contribution in [2.75, 3.05) is 6.61 Å². The van der Waals surface area contributed by atoms with Crippen LogP contribution in [-0.4, -0.2) is 17.6 Å². The molecule has 3 heteroatoms. The molecule has 0 aliphatic heterocycles. The minimum absolute atomic E-state index is 0.0155. The molecule has 2 rings (SSSR count). The standard InChI is InChI=1S/C14H19NO2/c1-10-3-4-12(7-11(10)2)8-15-13(17)14(9-16)5-6-14/h3-4,7,16H,5-6,8-9H2,1-2H3,(H,15,17). The molecule has 2 N–H and O–H groups in total. The first kappa shape index (κ1) is 12.1. The second kappa shape index (κ2) is 4.49. The summed E-state index contributed by atoms with van der Waals surface area (Å²) in [7, 11) is 0. The molecule has 3 nitrogen and oxygen atoms in total. The molecule has 0 atom stereocenters. The van der Waals surface area contributed by atoms with Gasteiger partial charge in [-0.1, -0.05) is 18.2 Å². The van der Waals surface area contributed by atoms with Crippen molar-refractivity contribution in [3.8, 4) is 0 Å². The molecule has 0 heterocycles. The molecular formula is C14H19NO2. The van der Waals surface area contributed by atoms with E-state index in [1.165, 1.54) is 11.1 Å². The van der Waals surface area contributed by atoms with E-state index in [0.717, 1.165) is 18.4 Å². The Morgan fingerprint density at radius 3 is 2.59 bits per heavy atom. The van der Waals surface area contributed by atoms with E-state index in [4.69, 9.17) is 5.11 Å². The van der Waals surface area contributed by atoms with Crippen LogP contribution in [0.3, 0.4) is 0 Å². The molecule has 1 amide bonds. The fourth-order valence-corrected chi connectivity index (χ4v) is 1.89. The van der Waals surface area contributed by atoms with Gasteiger partial charge in [0.05, 0.1) is 12.0 Å². The third-order valence-corrected chi connectivity index (χ3v) is 3.66. The van der Waals surface area contributed by atoms with Crippen LogP contribution in [0.25, 0.3) is 0 Å². The van der Waals surface area contributed by atoms with Crippen LogP contribution in [0, 0.1) is 19.3 Å². The van der Waals surface area contributed by atoms with Gasteiger partial charge >= 0.3 is 0 Å². The van der Waals surface area contributed by atoms with E-state index < -0.39 is 5.41 Å². The lowest BCUT2D eigenvalue weighted by Crippen LogP contribution is -2.33. The van der Waals surface area contributed by atoms with Gasteiger partial charge in [-0.2, -0.15) is 0 Å². The van der Waals surface area contributed by atoms with Crippen LogP contribution in [0.15, 0.2) is 18.2 Å². The van der Waals surface area contributed by atoms with E-state index in [1.54, 1.807) is 0 Å². The quantitative estimate of drug-likeness (QED) is 0.831. The van der Waals surface area contributed by atoms with Gasteiger partial charge in [-0.05, 0) is 43.4 Å². The van der Waals surface area contributed by atoms with Gasteiger partial charge in [0.25, 0.3) is 0 Å².